The monoisotopic (exact) mass is 351 g/mol. The quantitative estimate of drug-likeness (QED) is 0.710. The second kappa shape index (κ2) is 5.42. The van der Waals surface area contributed by atoms with Gasteiger partial charge >= 0.3 is 0 Å². The molecule has 0 amide bonds. The largest absolute Gasteiger partial charge is 0.493 e. The predicted octanol–water partition coefficient (Wildman–Crippen LogP) is 2.97. The third kappa shape index (κ3) is 1.95. The second-order valence-electron chi connectivity index (χ2n) is 6.36. The lowest BCUT2D eigenvalue weighted by Crippen LogP contribution is -2.26. The van der Waals surface area contributed by atoms with Gasteiger partial charge in [-0.3, -0.25) is 4.79 Å². The van der Waals surface area contributed by atoms with Crippen molar-refractivity contribution in [2.45, 2.75) is 13.0 Å². The maximum absolute atomic E-state index is 13.1. The highest BCUT2D eigenvalue weighted by Crippen LogP contribution is 2.42. The van der Waals surface area contributed by atoms with E-state index in [0.29, 0.717) is 29.2 Å². The Morgan fingerprint density at radius 2 is 1.81 bits per heavy atom. The molecule has 0 radical (unpaired) electrons. The van der Waals surface area contributed by atoms with E-state index in [1.807, 2.05) is 22.8 Å². The first-order valence-electron chi connectivity index (χ1n) is 8.42. The van der Waals surface area contributed by atoms with Crippen molar-refractivity contribution >= 4 is 10.8 Å². The minimum Gasteiger partial charge on any atom is -0.493 e. The van der Waals surface area contributed by atoms with E-state index in [9.17, 15) is 4.79 Å². The van der Waals surface area contributed by atoms with Gasteiger partial charge in [-0.1, -0.05) is 0 Å². The Morgan fingerprint density at radius 1 is 1.00 bits per heavy atom. The summed E-state index contributed by atoms with van der Waals surface area (Å²) < 4.78 is 23.8. The lowest BCUT2D eigenvalue weighted by atomic mass is 9.95. The normalized spacial score (nSPS) is 14.1. The average Bonchev–Trinajstić information content (AvgIpc) is 3.12. The molecule has 0 unspecified atom stereocenters. The molecule has 3 aromatic rings. The molecule has 132 valence electrons. The highest BCUT2D eigenvalue weighted by molar-refractivity contribution is 5.93. The van der Waals surface area contributed by atoms with Crippen LogP contribution >= 0.6 is 0 Å². The maximum Gasteiger partial charge on any atom is 0.259 e. The van der Waals surface area contributed by atoms with Crippen molar-refractivity contribution in [1.29, 1.82) is 0 Å². The van der Waals surface area contributed by atoms with Gasteiger partial charge in [-0.2, -0.15) is 0 Å². The molecule has 0 atom stereocenters. The van der Waals surface area contributed by atoms with E-state index in [4.69, 9.17) is 18.9 Å². The summed E-state index contributed by atoms with van der Waals surface area (Å²) in [5.41, 5.74) is 2.97. The zero-order chi connectivity index (χ0) is 17.8. The molecule has 26 heavy (non-hydrogen) atoms. The fraction of sp³-hybridized carbons (Fsp3) is 0.250. The zero-order valence-corrected chi connectivity index (χ0v) is 14.5. The van der Waals surface area contributed by atoms with E-state index in [-0.39, 0.29) is 12.4 Å². The molecule has 2 aromatic carbocycles. The topological polar surface area (TPSA) is 58.9 Å². The molecular weight excluding hydrogens is 334 g/mol. The molecule has 6 heteroatoms. The van der Waals surface area contributed by atoms with E-state index in [1.54, 1.807) is 26.4 Å². The minimum atomic E-state index is -0.0261. The molecule has 2 aliphatic heterocycles. The minimum absolute atomic E-state index is 0.0261. The van der Waals surface area contributed by atoms with Crippen molar-refractivity contribution in [3.8, 4) is 34.3 Å². The van der Waals surface area contributed by atoms with Crippen LogP contribution in [-0.2, 0) is 13.0 Å². The highest BCUT2D eigenvalue weighted by Gasteiger charge is 2.25. The molecule has 2 aliphatic rings. The summed E-state index contributed by atoms with van der Waals surface area (Å²) in [6.07, 6.45) is 0.775. The first-order valence-corrected chi connectivity index (χ1v) is 8.42. The van der Waals surface area contributed by atoms with Crippen LogP contribution in [0.5, 0.6) is 23.0 Å². The average molecular weight is 351 g/mol. The third-order valence-electron chi connectivity index (χ3n) is 5.11. The van der Waals surface area contributed by atoms with Crippen molar-refractivity contribution in [2.24, 2.45) is 0 Å². The van der Waals surface area contributed by atoms with Crippen LogP contribution in [0.2, 0.25) is 0 Å². The van der Waals surface area contributed by atoms with Crippen LogP contribution in [0.3, 0.4) is 0 Å². The Balaban J connectivity index is 1.84. The molecule has 0 saturated heterocycles. The first kappa shape index (κ1) is 15.1. The van der Waals surface area contributed by atoms with Crippen LogP contribution in [0.1, 0.15) is 5.56 Å². The number of benzene rings is 2. The summed E-state index contributed by atoms with van der Waals surface area (Å²) in [5.74, 6) is 2.64. The Labute approximate surface area is 149 Å². The van der Waals surface area contributed by atoms with E-state index in [1.165, 1.54) is 0 Å². The fourth-order valence-corrected chi connectivity index (χ4v) is 3.86. The summed E-state index contributed by atoms with van der Waals surface area (Å²) in [6, 6.07) is 9.53. The number of aryl methyl sites for hydroxylation is 1. The zero-order valence-electron chi connectivity index (χ0n) is 14.5. The van der Waals surface area contributed by atoms with Crippen molar-refractivity contribution in [2.75, 3.05) is 21.0 Å². The summed E-state index contributed by atoms with van der Waals surface area (Å²) in [6.45, 7) is 0.860. The lowest BCUT2D eigenvalue weighted by Gasteiger charge is -2.23. The van der Waals surface area contributed by atoms with E-state index >= 15 is 0 Å². The molecule has 0 aliphatic carbocycles. The number of pyridine rings is 1. The molecule has 5 rings (SSSR count). The number of fused-ring (bicyclic) bond motifs is 5. The van der Waals surface area contributed by atoms with Crippen LogP contribution in [0, 0.1) is 0 Å². The Morgan fingerprint density at radius 3 is 2.58 bits per heavy atom. The summed E-state index contributed by atoms with van der Waals surface area (Å²) >= 11 is 0. The van der Waals surface area contributed by atoms with Gasteiger partial charge in [0.25, 0.3) is 5.56 Å². The number of ether oxygens (including phenoxy) is 4. The van der Waals surface area contributed by atoms with Gasteiger partial charge in [0.2, 0.25) is 6.79 Å². The molecule has 1 aromatic heterocycles. The highest BCUT2D eigenvalue weighted by atomic mass is 16.7. The van der Waals surface area contributed by atoms with Crippen molar-refractivity contribution in [3.05, 3.63) is 46.2 Å². The van der Waals surface area contributed by atoms with Crippen molar-refractivity contribution < 1.29 is 18.9 Å². The Bertz CT molecular complexity index is 1120. The molecule has 0 N–H and O–H groups in total. The summed E-state index contributed by atoms with van der Waals surface area (Å²) in [7, 11) is 3.17. The summed E-state index contributed by atoms with van der Waals surface area (Å²) in [5, 5.41) is 1.37. The molecule has 0 spiro atoms. The van der Waals surface area contributed by atoms with Gasteiger partial charge in [0, 0.05) is 17.5 Å². The van der Waals surface area contributed by atoms with E-state index in [0.717, 1.165) is 34.4 Å². The Kier molecular flexibility index (Phi) is 3.16. The van der Waals surface area contributed by atoms with Gasteiger partial charge in [-0.05, 0) is 42.3 Å². The number of hydrogen-bond donors (Lipinski definition) is 0. The van der Waals surface area contributed by atoms with Crippen molar-refractivity contribution in [1.82, 2.24) is 4.57 Å². The SMILES string of the molecule is COc1ccc2c(=O)n3c(cc2c1OC)-c1cc2c(cc1CC3)OCO2. The maximum atomic E-state index is 13.1. The standard InChI is InChI=1S/C20H17NO5/c1-23-16-4-3-12-14(19(16)24-2)8-15-13-9-18-17(25-10-26-18)7-11(13)5-6-21(15)20(12)22/h3-4,7-9H,5-6,10H2,1-2H3. The van der Waals surface area contributed by atoms with Crippen molar-refractivity contribution in [3.63, 3.8) is 0 Å². The van der Waals surface area contributed by atoms with Crippen LogP contribution in [0.15, 0.2) is 35.1 Å². The fourth-order valence-electron chi connectivity index (χ4n) is 3.86. The Hall–Kier alpha value is -3.15. The summed E-state index contributed by atoms with van der Waals surface area (Å²) in [4.78, 5) is 13.1. The van der Waals surface area contributed by atoms with E-state index < -0.39 is 0 Å². The molecule has 0 fully saturated rings. The van der Waals surface area contributed by atoms with Gasteiger partial charge in [-0.25, -0.2) is 0 Å². The molecule has 0 saturated carbocycles. The third-order valence-corrected chi connectivity index (χ3v) is 5.11. The van der Waals surface area contributed by atoms with Gasteiger partial charge in [0.15, 0.2) is 23.0 Å². The van der Waals surface area contributed by atoms with E-state index in [2.05, 4.69) is 0 Å². The van der Waals surface area contributed by atoms with Crippen LogP contribution in [0.4, 0.5) is 0 Å². The number of rotatable bonds is 2. The smallest absolute Gasteiger partial charge is 0.259 e. The van der Waals surface area contributed by atoms with Gasteiger partial charge < -0.3 is 23.5 Å². The van der Waals surface area contributed by atoms with Gasteiger partial charge in [0.1, 0.15) is 0 Å². The molecule has 6 nitrogen and oxygen atoms in total. The number of aromatic nitrogens is 1. The van der Waals surface area contributed by atoms with Crippen LogP contribution in [0.25, 0.3) is 22.0 Å². The lowest BCUT2D eigenvalue weighted by molar-refractivity contribution is 0.174. The van der Waals surface area contributed by atoms with Gasteiger partial charge in [0.05, 0.1) is 25.3 Å². The number of hydrogen-bond acceptors (Lipinski definition) is 5. The number of methoxy groups -OCH3 is 2. The van der Waals surface area contributed by atoms with Crippen LogP contribution < -0.4 is 24.5 Å². The molecule has 3 heterocycles. The van der Waals surface area contributed by atoms with Crippen LogP contribution in [-0.4, -0.2) is 25.6 Å². The number of nitrogens with zero attached hydrogens (tertiary/aromatic N) is 1. The molecular formula is C20H17NO5. The molecule has 0 bridgehead atoms. The predicted molar refractivity (Wildman–Crippen MR) is 96.6 cm³/mol. The van der Waals surface area contributed by atoms with Gasteiger partial charge in [-0.15, -0.1) is 0 Å². The first-order chi connectivity index (χ1) is 12.7. The second-order valence-corrected chi connectivity index (χ2v) is 6.36.